The fraction of sp³-hybridized carbons (Fsp3) is 0.320. The van der Waals surface area contributed by atoms with Gasteiger partial charge in [-0.25, -0.2) is 0 Å². The molecule has 0 aliphatic carbocycles. The Hall–Kier alpha value is -3.05. The second-order valence-electron chi connectivity index (χ2n) is 8.18. The number of phenolic OH excluding ortho intramolecular Hbond substituents is 2. The molecule has 3 rings (SSSR count). The Balaban J connectivity index is 1.97. The molecule has 2 aromatic rings. The number of ether oxygens (including phenoxy) is 1. The lowest BCUT2D eigenvalue weighted by molar-refractivity contribution is 0.0215. The van der Waals surface area contributed by atoms with E-state index in [1.54, 1.807) is 24.3 Å². The van der Waals surface area contributed by atoms with Gasteiger partial charge >= 0.3 is 0 Å². The second-order valence-corrected chi connectivity index (χ2v) is 8.18. The van der Waals surface area contributed by atoms with E-state index >= 15 is 0 Å². The van der Waals surface area contributed by atoms with Crippen LogP contribution in [0.2, 0.25) is 0 Å². The Labute approximate surface area is 177 Å². The number of aliphatic hydroxyl groups is 1. The van der Waals surface area contributed by atoms with Gasteiger partial charge in [0, 0.05) is 5.56 Å². The number of carbonyl (C=O) groups excluding carboxylic acids is 1. The van der Waals surface area contributed by atoms with Crippen LogP contribution >= 0.6 is 0 Å². The number of ketones is 1. The van der Waals surface area contributed by atoms with E-state index in [9.17, 15) is 20.1 Å². The van der Waals surface area contributed by atoms with Crippen molar-refractivity contribution in [3.8, 4) is 17.2 Å². The summed E-state index contributed by atoms with van der Waals surface area (Å²) in [7, 11) is 0. The van der Waals surface area contributed by atoms with Crippen LogP contribution in [0.5, 0.6) is 17.2 Å². The lowest BCUT2D eigenvalue weighted by atomic mass is 9.91. The molecule has 1 aliphatic heterocycles. The third kappa shape index (κ3) is 4.57. The van der Waals surface area contributed by atoms with Crippen LogP contribution < -0.4 is 4.74 Å². The highest BCUT2D eigenvalue weighted by molar-refractivity contribution is 6.03. The van der Waals surface area contributed by atoms with Crippen molar-refractivity contribution in [3.63, 3.8) is 0 Å². The van der Waals surface area contributed by atoms with Gasteiger partial charge < -0.3 is 20.1 Å². The molecule has 1 aliphatic rings. The number of hydrogen-bond acceptors (Lipinski definition) is 5. The van der Waals surface area contributed by atoms with E-state index < -0.39 is 18.0 Å². The standard InChI is InChI=1S/C25H28O5/c1-14(2)5-7-16-11-18(9-10-20(16)26)25-24(29)23(28)19-13-21(27)17(8-6-15(3)4)12-22(19)30-25/h5-6,9-13,24-27,29H,7-8H2,1-4H3. The van der Waals surface area contributed by atoms with E-state index in [-0.39, 0.29) is 17.1 Å². The average molecular weight is 408 g/mol. The zero-order chi connectivity index (χ0) is 22.0. The van der Waals surface area contributed by atoms with Crippen molar-refractivity contribution in [1.29, 1.82) is 0 Å². The van der Waals surface area contributed by atoms with Gasteiger partial charge in [0.05, 0.1) is 5.56 Å². The lowest BCUT2D eigenvalue weighted by Gasteiger charge is -2.30. The molecule has 0 spiro atoms. The Bertz CT molecular complexity index is 1020. The van der Waals surface area contributed by atoms with Gasteiger partial charge in [0.15, 0.2) is 18.0 Å². The molecule has 2 atom stereocenters. The minimum absolute atomic E-state index is 0.00231. The number of allylic oxidation sites excluding steroid dienone is 4. The van der Waals surface area contributed by atoms with Crippen LogP contribution in [0.15, 0.2) is 53.6 Å². The van der Waals surface area contributed by atoms with Crippen LogP contribution in [0.3, 0.4) is 0 Å². The van der Waals surface area contributed by atoms with Crippen molar-refractivity contribution in [1.82, 2.24) is 0 Å². The smallest absolute Gasteiger partial charge is 0.199 e. The van der Waals surface area contributed by atoms with Crippen molar-refractivity contribution in [2.45, 2.75) is 52.7 Å². The molecule has 0 saturated heterocycles. The lowest BCUT2D eigenvalue weighted by Crippen LogP contribution is -2.36. The maximum atomic E-state index is 12.8. The minimum Gasteiger partial charge on any atom is -0.508 e. The molecule has 0 amide bonds. The van der Waals surface area contributed by atoms with Crippen LogP contribution in [0.1, 0.15) is 60.8 Å². The van der Waals surface area contributed by atoms with Gasteiger partial charge in [0.25, 0.3) is 0 Å². The highest BCUT2D eigenvalue weighted by Gasteiger charge is 2.37. The molecule has 158 valence electrons. The van der Waals surface area contributed by atoms with E-state index in [1.165, 1.54) is 6.07 Å². The minimum atomic E-state index is -1.40. The van der Waals surface area contributed by atoms with Gasteiger partial charge in [0.1, 0.15) is 17.2 Å². The predicted octanol–water partition coefficient (Wildman–Crippen LogP) is 4.79. The second kappa shape index (κ2) is 8.76. The van der Waals surface area contributed by atoms with Gasteiger partial charge in [-0.15, -0.1) is 0 Å². The molecule has 2 aromatic carbocycles. The van der Waals surface area contributed by atoms with Crippen molar-refractivity contribution in [2.24, 2.45) is 0 Å². The molecule has 0 saturated carbocycles. The SMILES string of the molecule is CC(C)=CCc1cc(C2Oc3cc(CC=C(C)C)c(O)cc3C(=O)C2O)ccc1O. The quantitative estimate of drug-likeness (QED) is 0.619. The first kappa shape index (κ1) is 21.7. The zero-order valence-electron chi connectivity index (χ0n) is 17.8. The van der Waals surface area contributed by atoms with E-state index in [0.29, 0.717) is 35.3 Å². The predicted molar refractivity (Wildman–Crippen MR) is 116 cm³/mol. The van der Waals surface area contributed by atoms with Crippen molar-refractivity contribution in [2.75, 3.05) is 0 Å². The van der Waals surface area contributed by atoms with E-state index in [2.05, 4.69) is 0 Å². The first-order chi connectivity index (χ1) is 14.2. The Morgan fingerprint density at radius 3 is 2.13 bits per heavy atom. The van der Waals surface area contributed by atoms with Crippen LogP contribution in [0.4, 0.5) is 0 Å². The highest BCUT2D eigenvalue weighted by Crippen LogP contribution is 2.39. The number of rotatable bonds is 5. The number of aliphatic hydroxyl groups excluding tert-OH is 1. The van der Waals surface area contributed by atoms with Gasteiger partial charge in [-0.3, -0.25) is 4.79 Å². The first-order valence-corrected chi connectivity index (χ1v) is 10.0. The third-order valence-corrected chi connectivity index (χ3v) is 5.15. The summed E-state index contributed by atoms with van der Waals surface area (Å²) in [6.07, 6.45) is 2.73. The summed E-state index contributed by atoms with van der Waals surface area (Å²) in [5.41, 5.74) is 4.36. The van der Waals surface area contributed by atoms with Crippen LogP contribution in [-0.4, -0.2) is 27.2 Å². The van der Waals surface area contributed by atoms with Crippen molar-refractivity contribution < 1.29 is 24.9 Å². The summed E-state index contributed by atoms with van der Waals surface area (Å²) in [6, 6.07) is 7.98. The van der Waals surface area contributed by atoms with Crippen molar-refractivity contribution in [3.05, 3.63) is 75.9 Å². The number of fused-ring (bicyclic) bond motifs is 1. The average Bonchev–Trinajstić information content (AvgIpc) is 2.69. The molecule has 30 heavy (non-hydrogen) atoms. The number of benzene rings is 2. The molecule has 5 heteroatoms. The van der Waals surface area contributed by atoms with Crippen LogP contribution in [-0.2, 0) is 12.8 Å². The Morgan fingerprint density at radius 2 is 1.53 bits per heavy atom. The topological polar surface area (TPSA) is 87.0 Å². The fourth-order valence-corrected chi connectivity index (χ4v) is 3.39. The van der Waals surface area contributed by atoms with E-state index in [0.717, 1.165) is 11.1 Å². The summed E-state index contributed by atoms with van der Waals surface area (Å²) >= 11 is 0. The largest absolute Gasteiger partial charge is 0.508 e. The summed E-state index contributed by atoms with van der Waals surface area (Å²) in [4.78, 5) is 12.8. The number of Topliss-reactive ketones (excluding diaryl/α,β-unsaturated/α-hetero) is 1. The van der Waals surface area contributed by atoms with Gasteiger partial charge in [-0.1, -0.05) is 29.4 Å². The zero-order valence-corrected chi connectivity index (χ0v) is 17.8. The number of carbonyl (C=O) groups is 1. The number of phenols is 2. The molecular formula is C25H28O5. The number of aromatic hydroxyl groups is 2. The summed E-state index contributed by atoms with van der Waals surface area (Å²) in [5, 5.41) is 31.1. The molecule has 1 heterocycles. The van der Waals surface area contributed by atoms with Gasteiger partial charge in [0.2, 0.25) is 0 Å². The monoisotopic (exact) mass is 408 g/mol. The molecule has 5 nitrogen and oxygen atoms in total. The molecule has 0 aromatic heterocycles. The Morgan fingerprint density at radius 1 is 0.933 bits per heavy atom. The molecule has 0 fully saturated rings. The fourth-order valence-electron chi connectivity index (χ4n) is 3.39. The molecule has 0 bridgehead atoms. The highest BCUT2D eigenvalue weighted by atomic mass is 16.5. The maximum absolute atomic E-state index is 12.8. The van der Waals surface area contributed by atoms with Crippen LogP contribution in [0.25, 0.3) is 0 Å². The third-order valence-electron chi connectivity index (χ3n) is 5.15. The molecule has 2 unspecified atom stereocenters. The van der Waals surface area contributed by atoms with Crippen molar-refractivity contribution >= 4 is 5.78 Å². The molecule has 0 radical (unpaired) electrons. The van der Waals surface area contributed by atoms with E-state index in [4.69, 9.17) is 4.74 Å². The van der Waals surface area contributed by atoms with Gasteiger partial charge in [-0.2, -0.15) is 0 Å². The van der Waals surface area contributed by atoms with E-state index in [1.807, 2.05) is 39.8 Å². The number of hydrogen-bond donors (Lipinski definition) is 3. The van der Waals surface area contributed by atoms with Gasteiger partial charge in [-0.05, 0) is 75.9 Å². The normalized spacial score (nSPS) is 17.7. The van der Waals surface area contributed by atoms with Crippen LogP contribution in [0, 0.1) is 0 Å². The molecular weight excluding hydrogens is 380 g/mol. The summed E-state index contributed by atoms with van der Waals surface area (Å²) in [5.74, 6) is -0.00174. The molecule has 3 N–H and O–H groups in total. The first-order valence-electron chi connectivity index (χ1n) is 10.0. The Kier molecular flexibility index (Phi) is 6.32. The summed E-state index contributed by atoms with van der Waals surface area (Å²) in [6.45, 7) is 7.90. The maximum Gasteiger partial charge on any atom is 0.199 e. The summed E-state index contributed by atoms with van der Waals surface area (Å²) < 4.78 is 6.02.